The lowest BCUT2D eigenvalue weighted by Gasteiger charge is -1.97. The molecule has 1 aromatic carbocycles. The van der Waals surface area contributed by atoms with Gasteiger partial charge in [-0.1, -0.05) is 23.1 Å². The Morgan fingerprint density at radius 1 is 1.39 bits per heavy atom. The van der Waals surface area contributed by atoms with E-state index in [-0.39, 0.29) is 11.6 Å². The van der Waals surface area contributed by atoms with Gasteiger partial charge in [-0.3, -0.25) is 4.79 Å². The molecule has 0 saturated carbocycles. The van der Waals surface area contributed by atoms with Crippen LogP contribution in [0, 0.1) is 5.82 Å². The fourth-order valence-electron chi connectivity index (χ4n) is 1.32. The average Bonchev–Trinajstić information content (AvgIpc) is 2.69. The normalized spacial score (nSPS) is 10.5. The number of anilines is 1. The van der Waals surface area contributed by atoms with Gasteiger partial charge in [0.05, 0.1) is 5.75 Å². The third kappa shape index (κ3) is 2.99. The predicted molar refractivity (Wildman–Crippen MR) is 71.8 cm³/mol. The first-order valence-electron chi connectivity index (χ1n) is 4.99. The minimum Gasteiger partial charge on any atom is -0.389 e. The SMILES string of the molecule is NC(=O)CSc1nc(-c2ccc(F)cc2)c(N)s1. The van der Waals surface area contributed by atoms with Crippen molar-refractivity contribution in [3.8, 4) is 11.3 Å². The van der Waals surface area contributed by atoms with Crippen molar-refractivity contribution in [3.05, 3.63) is 30.1 Å². The van der Waals surface area contributed by atoms with E-state index in [0.29, 0.717) is 15.0 Å². The summed E-state index contributed by atoms with van der Waals surface area (Å²) in [6.07, 6.45) is 0. The van der Waals surface area contributed by atoms with E-state index in [9.17, 15) is 9.18 Å². The van der Waals surface area contributed by atoms with Crippen LogP contribution in [-0.2, 0) is 4.79 Å². The predicted octanol–water partition coefficient (Wildman–Crippen LogP) is 2.11. The molecule has 0 aliphatic heterocycles. The van der Waals surface area contributed by atoms with Gasteiger partial charge in [-0.05, 0) is 24.3 Å². The van der Waals surface area contributed by atoms with Crippen molar-refractivity contribution in [1.82, 2.24) is 4.98 Å². The molecular formula is C11H10FN3OS2. The summed E-state index contributed by atoms with van der Waals surface area (Å²) in [6.45, 7) is 0. The number of hydrogen-bond donors (Lipinski definition) is 2. The molecule has 4 nitrogen and oxygen atoms in total. The number of nitrogens with two attached hydrogens (primary N) is 2. The van der Waals surface area contributed by atoms with Crippen LogP contribution in [-0.4, -0.2) is 16.6 Å². The first-order chi connectivity index (χ1) is 8.56. The van der Waals surface area contributed by atoms with Crippen molar-refractivity contribution >= 4 is 34.0 Å². The lowest BCUT2D eigenvalue weighted by molar-refractivity contribution is -0.115. The molecule has 0 bridgehead atoms. The van der Waals surface area contributed by atoms with Gasteiger partial charge in [0, 0.05) is 5.56 Å². The number of nitrogen functional groups attached to an aromatic ring is 1. The van der Waals surface area contributed by atoms with Crippen LogP contribution >= 0.6 is 23.1 Å². The van der Waals surface area contributed by atoms with Crippen LogP contribution < -0.4 is 11.5 Å². The smallest absolute Gasteiger partial charge is 0.227 e. The van der Waals surface area contributed by atoms with Crippen LogP contribution in [0.4, 0.5) is 9.39 Å². The highest BCUT2D eigenvalue weighted by Gasteiger charge is 2.11. The average molecular weight is 283 g/mol. The number of benzene rings is 1. The van der Waals surface area contributed by atoms with Gasteiger partial charge in [0.1, 0.15) is 16.5 Å². The molecule has 0 radical (unpaired) electrons. The summed E-state index contributed by atoms with van der Waals surface area (Å²) in [4.78, 5) is 15.0. The molecule has 4 N–H and O–H groups in total. The van der Waals surface area contributed by atoms with E-state index < -0.39 is 5.91 Å². The van der Waals surface area contributed by atoms with Gasteiger partial charge in [-0.2, -0.15) is 0 Å². The van der Waals surface area contributed by atoms with Crippen LogP contribution in [0.2, 0.25) is 0 Å². The summed E-state index contributed by atoms with van der Waals surface area (Å²) in [5.74, 6) is -0.552. The van der Waals surface area contributed by atoms with Crippen LogP contribution in [0.15, 0.2) is 28.6 Å². The molecule has 0 fully saturated rings. The molecule has 0 spiro atoms. The summed E-state index contributed by atoms with van der Waals surface area (Å²) in [5.41, 5.74) is 12.3. The van der Waals surface area contributed by atoms with Gasteiger partial charge in [0.15, 0.2) is 4.34 Å². The maximum absolute atomic E-state index is 12.8. The van der Waals surface area contributed by atoms with Gasteiger partial charge < -0.3 is 11.5 Å². The number of rotatable bonds is 4. The number of hydrogen-bond acceptors (Lipinski definition) is 5. The van der Waals surface area contributed by atoms with Crippen molar-refractivity contribution in [2.24, 2.45) is 5.73 Å². The third-order valence-corrected chi connectivity index (χ3v) is 4.14. The summed E-state index contributed by atoms with van der Waals surface area (Å²) >= 11 is 2.52. The first-order valence-corrected chi connectivity index (χ1v) is 6.80. The van der Waals surface area contributed by atoms with Crippen LogP contribution in [0.1, 0.15) is 0 Å². The molecule has 7 heteroatoms. The molecule has 1 amide bonds. The van der Waals surface area contributed by atoms with Crippen LogP contribution in [0.3, 0.4) is 0 Å². The van der Waals surface area contributed by atoms with Gasteiger partial charge in [-0.15, -0.1) is 0 Å². The first kappa shape index (κ1) is 12.8. The number of carbonyl (C=O) groups excluding carboxylic acids is 1. The number of thiazole rings is 1. The molecule has 94 valence electrons. The summed E-state index contributed by atoms with van der Waals surface area (Å²) in [5, 5.41) is 0.536. The van der Waals surface area contributed by atoms with Crippen molar-refractivity contribution in [2.45, 2.75) is 4.34 Å². The molecular weight excluding hydrogens is 273 g/mol. The quantitative estimate of drug-likeness (QED) is 0.842. The molecule has 18 heavy (non-hydrogen) atoms. The fourth-order valence-corrected chi connectivity index (χ4v) is 3.01. The van der Waals surface area contributed by atoms with Gasteiger partial charge >= 0.3 is 0 Å². The third-order valence-electron chi connectivity index (χ3n) is 2.09. The maximum Gasteiger partial charge on any atom is 0.227 e. The number of thioether (sulfide) groups is 1. The summed E-state index contributed by atoms with van der Waals surface area (Å²) in [6, 6.07) is 5.93. The number of carbonyl (C=O) groups is 1. The Morgan fingerprint density at radius 2 is 2.06 bits per heavy atom. The zero-order chi connectivity index (χ0) is 13.1. The van der Waals surface area contributed by atoms with E-state index in [0.717, 1.165) is 5.56 Å². The van der Waals surface area contributed by atoms with Crippen LogP contribution in [0.25, 0.3) is 11.3 Å². The molecule has 2 aromatic rings. The Morgan fingerprint density at radius 3 is 2.67 bits per heavy atom. The maximum atomic E-state index is 12.8. The van der Waals surface area contributed by atoms with Gasteiger partial charge in [0.25, 0.3) is 0 Å². The largest absolute Gasteiger partial charge is 0.389 e. The Hall–Kier alpha value is -1.60. The Bertz CT molecular complexity index is 568. The standard InChI is InChI=1S/C11H10FN3OS2/c12-7-3-1-6(2-4-7)9-10(14)18-11(15-9)17-5-8(13)16/h1-4H,5,14H2,(H2,13,16). The monoisotopic (exact) mass is 283 g/mol. The Balaban J connectivity index is 2.23. The van der Waals surface area contributed by atoms with Gasteiger partial charge in [-0.25, -0.2) is 9.37 Å². The second-order valence-corrected chi connectivity index (χ2v) is 5.71. The van der Waals surface area contributed by atoms with Crippen molar-refractivity contribution in [3.63, 3.8) is 0 Å². The Kier molecular flexibility index (Phi) is 3.83. The zero-order valence-electron chi connectivity index (χ0n) is 9.22. The molecule has 1 aromatic heterocycles. The van der Waals surface area contributed by atoms with Crippen LogP contribution in [0.5, 0.6) is 0 Å². The molecule has 0 atom stereocenters. The van der Waals surface area contributed by atoms with E-state index >= 15 is 0 Å². The molecule has 0 unspecified atom stereocenters. The summed E-state index contributed by atoms with van der Waals surface area (Å²) < 4.78 is 13.5. The topological polar surface area (TPSA) is 82.0 Å². The molecule has 0 saturated heterocycles. The lowest BCUT2D eigenvalue weighted by Crippen LogP contribution is -2.12. The second-order valence-electron chi connectivity index (χ2n) is 3.45. The molecule has 0 aliphatic rings. The minimum atomic E-state index is -0.405. The number of nitrogens with zero attached hydrogens (tertiary/aromatic N) is 1. The highest BCUT2D eigenvalue weighted by molar-refractivity contribution is 8.01. The number of amides is 1. The number of primary amides is 1. The van der Waals surface area contributed by atoms with E-state index in [2.05, 4.69) is 4.98 Å². The van der Waals surface area contributed by atoms with Crippen molar-refractivity contribution < 1.29 is 9.18 Å². The second kappa shape index (κ2) is 5.36. The summed E-state index contributed by atoms with van der Waals surface area (Å²) in [7, 11) is 0. The van der Waals surface area contributed by atoms with Crippen molar-refractivity contribution in [2.75, 3.05) is 11.5 Å². The molecule has 1 heterocycles. The number of aromatic nitrogens is 1. The number of halogens is 1. The van der Waals surface area contributed by atoms with E-state index in [1.54, 1.807) is 12.1 Å². The van der Waals surface area contributed by atoms with E-state index in [4.69, 9.17) is 11.5 Å². The van der Waals surface area contributed by atoms with Gasteiger partial charge in [0.2, 0.25) is 5.91 Å². The molecule has 0 aliphatic carbocycles. The molecule has 2 rings (SSSR count). The Labute approximate surface area is 111 Å². The minimum absolute atomic E-state index is 0.163. The van der Waals surface area contributed by atoms with E-state index in [1.807, 2.05) is 0 Å². The highest BCUT2D eigenvalue weighted by Crippen LogP contribution is 2.35. The zero-order valence-corrected chi connectivity index (χ0v) is 10.9. The van der Waals surface area contributed by atoms with Crippen molar-refractivity contribution in [1.29, 1.82) is 0 Å². The van der Waals surface area contributed by atoms with E-state index in [1.165, 1.54) is 35.2 Å². The lowest BCUT2D eigenvalue weighted by atomic mass is 10.2. The fraction of sp³-hybridized carbons (Fsp3) is 0.0909. The highest BCUT2D eigenvalue weighted by atomic mass is 32.2.